The summed E-state index contributed by atoms with van der Waals surface area (Å²) < 4.78 is 39.7. The molecule has 2 atom stereocenters. The van der Waals surface area contributed by atoms with Gasteiger partial charge in [0.05, 0.1) is 12.1 Å². The first kappa shape index (κ1) is 21.4. The third kappa shape index (κ3) is 3.01. The second kappa shape index (κ2) is 7.20. The predicted molar refractivity (Wildman–Crippen MR) is 115 cm³/mol. The van der Waals surface area contributed by atoms with Gasteiger partial charge in [-0.25, -0.2) is 0 Å². The average molecular weight is 462 g/mol. The maximum Gasteiger partial charge on any atom is 0.416 e. The van der Waals surface area contributed by atoms with Crippen LogP contribution in [0.3, 0.4) is 0 Å². The van der Waals surface area contributed by atoms with Crippen molar-refractivity contribution in [2.24, 2.45) is 28.6 Å². The molecule has 0 bridgehead atoms. The van der Waals surface area contributed by atoms with Crippen LogP contribution in [-0.4, -0.2) is 54.3 Å². The number of rotatable bonds is 6. The van der Waals surface area contributed by atoms with E-state index in [1.807, 2.05) is 4.90 Å². The van der Waals surface area contributed by atoms with Gasteiger partial charge in [-0.1, -0.05) is 18.2 Å². The minimum atomic E-state index is -4.37. The molecule has 1 aliphatic heterocycles. The number of nitrogens with zero attached hydrogens (tertiary/aromatic N) is 2. The quantitative estimate of drug-likeness (QED) is 0.708. The van der Waals surface area contributed by atoms with Gasteiger partial charge in [-0.05, 0) is 65.9 Å². The lowest BCUT2D eigenvalue weighted by Gasteiger charge is -2.91. The smallest absolute Gasteiger partial charge is 0.347 e. The van der Waals surface area contributed by atoms with Crippen molar-refractivity contribution >= 4 is 11.8 Å². The van der Waals surface area contributed by atoms with E-state index in [2.05, 4.69) is 5.32 Å². The number of carbonyl (C=O) groups is 2. The number of amides is 2. The monoisotopic (exact) mass is 461 g/mol. The van der Waals surface area contributed by atoms with Crippen molar-refractivity contribution in [1.29, 1.82) is 0 Å². The maximum absolute atomic E-state index is 13.2. The standard InChI is InChI=1S/C25H30F3N3O2/c26-25(27,28)20-4-2-1-3-16(20)15-30-5-7-31(8-6-30)22(33)14-29-21(32)13-23-11-18-9-17-10-19(12-23)24(17,18)23/h1-4,17-19H,5-15H2,(H,29,32). The van der Waals surface area contributed by atoms with Crippen molar-refractivity contribution in [2.45, 2.75) is 44.8 Å². The van der Waals surface area contributed by atoms with E-state index >= 15 is 0 Å². The molecular formula is C25H30F3N3O2. The van der Waals surface area contributed by atoms with Gasteiger partial charge in [-0.15, -0.1) is 0 Å². The Morgan fingerprint density at radius 1 is 1.00 bits per heavy atom. The second-order valence-corrected chi connectivity index (χ2v) is 10.9. The first-order chi connectivity index (χ1) is 15.7. The number of piperazine rings is 1. The van der Waals surface area contributed by atoms with Crippen molar-refractivity contribution in [2.75, 3.05) is 32.7 Å². The summed E-state index contributed by atoms with van der Waals surface area (Å²) in [6, 6.07) is 5.65. The van der Waals surface area contributed by atoms with Crippen LogP contribution in [0.1, 0.15) is 43.2 Å². The van der Waals surface area contributed by atoms with Crippen LogP contribution < -0.4 is 5.32 Å². The minimum Gasteiger partial charge on any atom is -0.347 e. The molecule has 5 aliphatic rings. The summed E-state index contributed by atoms with van der Waals surface area (Å²) in [5.74, 6) is 2.48. The highest BCUT2D eigenvalue weighted by Crippen LogP contribution is 2.93. The molecule has 0 aromatic heterocycles. The molecule has 1 saturated heterocycles. The largest absolute Gasteiger partial charge is 0.416 e. The highest BCUT2D eigenvalue weighted by atomic mass is 19.4. The van der Waals surface area contributed by atoms with Gasteiger partial charge in [0.15, 0.2) is 0 Å². The molecule has 1 heterocycles. The van der Waals surface area contributed by atoms with Gasteiger partial charge < -0.3 is 10.2 Å². The van der Waals surface area contributed by atoms with Crippen LogP contribution in [0.5, 0.6) is 0 Å². The molecular weight excluding hydrogens is 431 g/mol. The number of alkyl halides is 3. The summed E-state index contributed by atoms with van der Waals surface area (Å²) in [5, 5.41) is 2.85. The molecule has 5 fully saturated rings. The van der Waals surface area contributed by atoms with Crippen LogP contribution in [0.2, 0.25) is 0 Å². The van der Waals surface area contributed by atoms with Gasteiger partial charge in [0, 0.05) is 39.1 Å². The van der Waals surface area contributed by atoms with Crippen LogP contribution in [0.15, 0.2) is 24.3 Å². The van der Waals surface area contributed by atoms with E-state index in [0.29, 0.717) is 38.0 Å². The fourth-order valence-electron chi connectivity index (χ4n) is 8.45. The molecule has 6 rings (SSSR count). The van der Waals surface area contributed by atoms with E-state index in [9.17, 15) is 22.8 Å². The average Bonchev–Trinajstić information content (AvgIpc) is 2.72. The van der Waals surface area contributed by atoms with Crippen molar-refractivity contribution in [3.05, 3.63) is 35.4 Å². The lowest BCUT2D eigenvalue weighted by Crippen LogP contribution is -2.85. The number of benzene rings is 1. The Balaban J connectivity index is 0.957. The number of hydrogen-bond acceptors (Lipinski definition) is 3. The molecule has 4 aliphatic carbocycles. The number of nitrogens with one attached hydrogen (secondary N) is 1. The van der Waals surface area contributed by atoms with Crippen molar-refractivity contribution in [3.63, 3.8) is 0 Å². The Morgan fingerprint density at radius 2 is 1.67 bits per heavy atom. The molecule has 4 saturated carbocycles. The Bertz CT molecular complexity index is 960. The van der Waals surface area contributed by atoms with E-state index in [0.717, 1.165) is 23.8 Å². The van der Waals surface area contributed by atoms with Gasteiger partial charge in [0.25, 0.3) is 0 Å². The highest BCUT2D eigenvalue weighted by Gasteiger charge is 2.87. The minimum absolute atomic E-state index is 0.00503. The maximum atomic E-state index is 13.2. The summed E-state index contributed by atoms with van der Waals surface area (Å²) in [5.41, 5.74) is 0.396. The lowest BCUT2D eigenvalue weighted by atomic mass is 9.13. The second-order valence-electron chi connectivity index (χ2n) is 10.9. The molecule has 1 spiro atoms. The van der Waals surface area contributed by atoms with Gasteiger partial charge in [0.2, 0.25) is 11.8 Å². The molecule has 1 N–H and O–H groups in total. The van der Waals surface area contributed by atoms with E-state index in [1.54, 1.807) is 11.0 Å². The molecule has 2 unspecified atom stereocenters. The third-order valence-electron chi connectivity index (χ3n) is 9.73. The predicted octanol–water partition coefficient (Wildman–Crippen LogP) is 3.29. The van der Waals surface area contributed by atoms with Crippen LogP contribution in [0.25, 0.3) is 0 Å². The van der Waals surface area contributed by atoms with Crippen LogP contribution in [-0.2, 0) is 22.3 Å². The fourth-order valence-corrected chi connectivity index (χ4v) is 8.45. The number of carbonyl (C=O) groups excluding carboxylic acids is 2. The van der Waals surface area contributed by atoms with Crippen LogP contribution >= 0.6 is 0 Å². The number of hydrogen-bond donors (Lipinski definition) is 1. The molecule has 1 aromatic rings. The van der Waals surface area contributed by atoms with Crippen LogP contribution in [0, 0.1) is 28.6 Å². The topological polar surface area (TPSA) is 52.7 Å². The fraction of sp³-hybridized carbons (Fsp3) is 0.680. The van der Waals surface area contributed by atoms with E-state index < -0.39 is 11.7 Å². The van der Waals surface area contributed by atoms with Gasteiger partial charge in [-0.3, -0.25) is 14.5 Å². The molecule has 5 nitrogen and oxygen atoms in total. The normalized spacial score (nSPS) is 36.3. The van der Waals surface area contributed by atoms with Crippen molar-refractivity contribution in [3.8, 4) is 0 Å². The van der Waals surface area contributed by atoms with Gasteiger partial charge in [0.1, 0.15) is 0 Å². The first-order valence-electron chi connectivity index (χ1n) is 12.1. The SMILES string of the molecule is O=C(CC12CC3CC4CC(C1)C432)NCC(=O)N1CCN(Cc2ccccc2C(F)(F)F)CC1. The molecule has 2 amide bonds. The molecule has 8 heteroatoms. The van der Waals surface area contributed by atoms with Crippen molar-refractivity contribution < 1.29 is 22.8 Å². The zero-order valence-electron chi connectivity index (χ0n) is 18.7. The van der Waals surface area contributed by atoms with Gasteiger partial charge >= 0.3 is 6.18 Å². The Kier molecular flexibility index (Phi) is 4.68. The highest BCUT2D eigenvalue weighted by molar-refractivity contribution is 5.85. The van der Waals surface area contributed by atoms with Gasteiger partial charge in [-0.2, -0.15) is 13.2 Å². The Hall–Kier alpha value is -2.09. The Morgan fingerprint density at radius 3 is 2.27 bits per heavy atom. The third-order valence-corrected chi connectivity index (χ3v) is 9.73. The number of halogens is 3. The summed E-state index contributed by atoms with van der Waals surface area (Å²) in [6.45, 7) is 2.17. The summed E-state index contributed by atoms with van der Waals surface area (Å²) in [4.78, 5) is 28.9. The zero-order chi connectivity index (χ0) is 23.0. The molecule has 1 aromatic carbocycles. The molecule has 33 heavy (non-hydrogen) atoms. The lowest BCUT2D eigenvalue weighted by molar-refractivity contribution is -0.430. The summed E-state index contributed by atoms with van der Waals surface area (Å²) in [7, 11) is 0. The van der Waals surface area contributed by atoms with E-state index in [1.165, 1.54) is 37.8 Å². The van der Waals surface area contributed by atoms with Crippen molar-refractivity contribution in [1.82, 2.24) is 15.1 Å². The zero-order valence-corrected chi connectivity index (χ0v) is 18.7. The Labute approximate surface area is 191 Å². The van der Waals surface area contributed by atoms with Crippen LogP contribution in [0.4, 0.5) is 13.2 Å². The first-order valence-corrected chi connectivity index (χ1v) is 12.1. The van der Waals surface area contributed by atoms with E-state index in [4.69, 9.17) is 0 Å². The summed E-state index contributed by atoms with van der Waals surface area (Å²) in [6.07, 6.45) is 1.32. The summed E-state index contributed by atoms with van der Waals surface area (Å²) >= 11 is 0. The van der Waals surface area contributed by atoms with E-state index in [-0.39, 0.29) is 35.9 Å². The molecule has 178 valence electrons. The molecule has 0 radical (unpaired) electrons.